The molecule has 4 rings (SSSR count). The Morgan fingerprint density at radius 2 is 1.68 bits per heavy atom. The van der Waals surface area contributed by atoms with Crippen molar-refractivity contribution in [3.63, 3.8) is 0 Å². The fourth-order valence-corrected chi connectivity index (χ4v) is 4.83. The lowest BCUT2D eigenvalue weighted by atomic mass is 9.96. The van der Waals surface area contributed by atoms with Crippen molar-refractivity contribution in [3.8, 4) is 11.4 Å². The molecule has 1 aromatic carbocycles. The second-order valence-corrected chi connectivity index (χ2v) is 9.15. The summed E-state index contributed by atoms with van der Waals surface area (Å²) in [6, 6.07) is 10.6. The first-order chi connectivity index (χ1) is 15.0. The van der Waals surface area contributed by atoms with Crippen molar-refractivity contribution < 1.29 is 4.79 Å². The zero-order valence-corrected chi connectivity index (χ0v) is 19.1. The Labute approximate surface area is 186 Å². The Hall–Kier alpha value is -2.63. The van der Waals surface area contributed by atoms with Gasteiger partial charge in [-0.25, -0.2) is 14.8 Å². The van der Waals surface area contributed by atoms with Gasteiger partial charge in [-0.05, 0) is 25.7 Å². The minimum absolute atomic E-state index is 0.0967. The molecule has 2 aromatic rings. The van der Waals surface area contributed by atoms with Gasteiger partial charge in [-0.15, -0.1) is 0 Å². The maximum Gasteiger partial charge on any atom is 0.317 e. The van der Waals surface area contributed by atoms with E-state index in [-0.39, 0.29) is 6.03 Å². The Morgan fingerprint density at radius 3 is 2.32 bits per heavy atom. The number of urea groups is 1. The third kappa shape index (κ3) is 5.00. The number of carbonyl (C=O) groups is 1. The molecule has 0 spiro atoms. The number of hydrogen-bond donors (Lipinski definition) is 1. The highest BCUT2D eigenvalue weighted by Crippen LogP contribution is 2.31. The van der Waals surface area contributed by atoms with Crippen molar-refractivity contribution in [3.05, 3.63) is 41.6 Å². The molecule has 6 nitrogen and oxygen atoms in total. The van der Waals surface area contributed by atoms with E-state index < -0.39 is 0 Å². The second kappa shape index (κ2) is 9.67. The average molecular weight is 422 g/mol. The lowest BCUT2D eigenvalue weighted by Crippen LogP contribution is -2.54. The summed E-state index contributed by atoms with van der Waals surface area (Å²) in [6.07, 6.45) is 5.99. The van der Waals surface area contributed by atoms with Crippen LogP contribution >= 0.6 is 0 Å². The van der Waals surface area contributed by atoms with Gasteiger partial charge >= 0.3 is 6.03 Å². The minimum atomic E-state index is 0.0967. The van der Waals surface area contributed by atoms with Gasteiger partial charge in [0.25, 0.3) is 0 Å². The Bertz CT molecular complexity index is 884. The average Bonchev–Trinajstić information content (AvgIpc) is 2.79. The molecular weight excluding hydrogens is 386 g/mol. The van der Waals surface area contributed by atoms with Gasteiger partial charge in [-0.3, -0.25) is 0 Å². The minimum Gasteiger partial charge on any atom is -0.353 e. The maximum atomic E-state index is 12.7. The summed E-state index contributed by atoms with van der Waals surface area (Å²) >= 11 is 0. The van der Waals surface area contributed by atoms with E-state index in [1.807, 2.05) is 23.1 Å². The van der Waals surface area contributed by atoms with E-state index in [0.29, 0.717) is 12.0 Å². The summed E-state index contributed by atoms with van der Waals surface area (Å²) in [5.74, 6) is 2.14. The molecule has 0 unspecified atom stereocenters. The molecule has 1 aliphatic carbocycles. The molecule has 166 valence electrons. The lowest BCUT2D eigenvalue weighted by molar-refractivity contribution is 0.186. The van der Waals surface area contributed by atoms with Crippen LogP contribution in [-0.2, 0) is 0 Å². The van der Waals surface area contributed by atoms with Crippen LogP contribution in [0.2, 0.25) is 0 Å². The summed E-state index contributed by atoms with van der Waals surface area (Å²) in [5, 5.41) is 3.26. The number of aryl methyl sites for hydroxylation is 1. The highest BCUT2D eigenvalue weighted by Gasteiger charge is 2.27. The number of rotatable bonds is 4. The molecule has 2 heterocycles. The highest BCUT2D eigenvalue weighted by atomic mass is 16.2. The van der Waals surface area contributed by atoms with Crippen molar-refractivity contribution >= 4 is 11.8 Å². The number of nitrogens with one attached hydrogen (secondary N) is 1. The number of piperazine rings is 1. The maximum absolute atomic E-state index is 12.7. The van der Waals surface area contributed by atoms with Crippen LogP contribution in [0.4, 0.5) is 10.6 Å². The second-order valence-electron chi connectivity index (χ2n) is 9.15. The van der Waals surface area contributed by atoms with E-state index in [0.717, 1.165) is 61.9 Å². The van der Waals surface area contributed by atoms with Crippen molar-refractivity contribution in [2.24, 2.45) is 0 Å². The van der Waals surface area contributed by atoms with Gasteiger partial charge in [0.05, 0.1) is 0 Å². The monoisotopic (exact) mass is 421 g/mol. The zero-order valence-electron chi connectivity index (χ0n) is 19.1. The highest BCUT2D eigenvalue weighted by molar-refractivity contribution is 5.75. The lowest BCUT2D eigenvalue weighted by Gasteiger charge is -2.37. The van der Waals surface area contributed by atoms with E-state index in [4.69, 9.17) is 9.97 Å². The fourth-order valence-electron chi connectivity index (χ4n) is 4.83. The fraction of sp³-hybridized carbons (Fsp3) is 0.560. The van der Waals surface area contributed by atoms with Gasteiger partial charge in [-0.1, -0.05) is 63.4 Å². The standard InChI is InChI=1S/C25H35N5O/c1-18(2)22-19(3)26-23(20-10-6-4-7-11-20)28-24(22)29-14-16-30(17-15-29)25(31)27-21-12-8-5-9-13-21/h4,6-7,10-11,18,21H,5,8-9,12-17H2,1-3H3,(H,27,31). The molecule has 1 saturated carbocycles. The molecular formula is C25H35N5O. The van der Waals surface area contributed by atoms with Crippen LogP contribution in [0.5, 0.6) is 0 Å². The van der Waals surface area contributed by atoms with Crippen LogP contribution in [0.25, 0.3) is 11.4 Å². The van der Waals surface area contributed by atoms with Crippen LogP contribution in [0, 0.1) is 6.92 Å². The third-order valence-corrected chi connectivity index (χ3v) is 6.52. The quantitative estimate of drug-likeness (QED) is 0.775. The van der Waals surface area contributed by atoms with Crippen LogP contribution in [0.15, 0.2) is 30.3 Å². The summed E-state index contributed by atoms with van der Waals surface area (Å²) in [7, 11) is 0. The van der Waals surface area contributed by atoms with Crippen LogP contribution in [0.1, 0.15) is 63.1 Å². The first-order valence-corrected chi connectivity index (χ1v) is 11.8. The van der Waals surface area contributed by atoms with Gasteiger partial charge in [0.1, 0.15) is 5.82 Å². The predicted octanol–water partition coefficient (Wildman–Crippen LogP) is 4.74. The Morgan fingerprint density at radius 1 is 1.00 bits per heavy atom. The molecule has 1 saturated heterocycles. The van der Waals surface area contributed by atoms with Crippen LogP contribution in [0.3, 0.4) is 0 Å². The molecule has 2 amide bonds. The molecule has 1 aromatic heterocycles. The zero-order chi connectivity index (χ0) is 21.8. The number of hydrogen-bond acceptors (Lipinski definition) is 4. The normalized spacial score (nSPS) is 17.8. The summed E-state index contributed by atoms with van der Waals surface area (Å²) in [4.78, 5) is 26.9. The molecule has 1 N–H and O–H groups in total. The van der Waals surface area contributed by atoms with Gasteiger partial charge < -0.3 is 15.1 Å². The van der Waals surface area contributed by atoms with Crippen molar-refractivity contribution in [1.82, 2.24) is 20.2 Å². The van der Waals surface area contributed by atoms with Gasteiger partial charge in [0.15, 0.2) is 5.82 Å². The van der Waals surface area contributed by atoms with Crippen molar-refractivity contribution in [2.45, 2.75) is 64.8 Å². The van der Waals surface area contributed by atoms with E-state index in [9.17, 15) is 4.79 Å². The van der Waals surface area contributed by atoms with Gasteiger partial charge in [0.2, 0.25) is 0 Å². The first kappa shape index (κ1) is 21.6. The molecule has 0 radical (unpaired) electrons. The van der Waals surface area contributed by atoms with E-state index in [1.54, 1.807) is 0 Å². The molecule has 31 heavy (non-hydrogen) atoms. The number of nitrogens with zero attached hydrogens (tertiary/aromatic N) is 4. The molecule has 0 atom stereocenters. The van der Waals surface area contributed by atoms with E-state index in [1.165, 1.54) is 24.8 Å². The summed E-state index contributed by atoms with van der Waals surface area (Å²) in [5.41, 5.74) is 3.28. The van der Waals surface area contributed by atoms with E-state index >= 15 is 0 Å². The molecule has 2 aliphatic rings. The van der Waals surface area contributed by atoms with Gasteiger partial charge in [0, 0.05) is 49.0 Å². The third-order valence-electron chi connectivity index (χ3n) is 6.52. The summed E-state index contributed by atoms with van der Waals surface area (Å²) in [6.45, 7) is 9.52. The van der Waals surface area contributed by atoms with Crippen molar-refractivity contribution in [1.29, 1.82) is 0 Å². The summed E-state index contributed by atoms with van der Waals surface area (Å²) < 4.78 is 0. The number of aromatic nitrogens is 2. The van der Waals surface area contributed by atoms with Crippen LogP contribution < -0.4 is 10.2 Å². The largest absolute Gasteiger partial charge is 0.353 e. The molecule has 6 heteroatoms. The Kier molecular flexibility index (Phi) is 6.73. The number of benzene rings is 1. The molecule has 1 aliphatic heterocycles. The first-order valence-electron chi connectivity index (χ1n) is 11.8. The van der Waals surface area contributed by atoms with Crippen molar-refractivity contribution in [2.75, 3.05) is 31.1 Å². The number of carbonyl (C=O) groups excluding carboxylic acids is 1. The SMILES string of the molecule is Cc1nc(-c2ccccc2)nc(N2CCN(C(=O)NC3CCCCC3)CC2)c1C(C)C. The number of anilines is 1. The van der Waals surface area contributed by atoms with E-state index in [2.05, 4.69) is 43.1 Å². The number of amides is 2. The van der Waals surface area contributed by atoms with Gasteiger partial charge in [-0.2, -0.15) is 0 Å². The predicted molar refractivity (Wildman–Crippen MR) is 125 cm³/mol. The Balaban J connectivity index is 1.49. The topological polar surface area (TPSA) is 61.4 Å². The smallest absolute Gasteiger partial charge is 0.317 e. The van der Waals surface area contributed by atoms with Crippen LogP contribution in [-0.4, -0.2) is 53.1 Å². The molecule has 0 bridgehead atoms. The molecule has 2 fully saturated rings.